The lowest BCUT2D eigenvalue weighted by molar-refractivity contribution is -0.128. The predicted molar refractivity (Wildman–Crippen MR) is 110 cm³/mol. The van der Waals surface area contributed by atoms with Gasteiger partial charge in [-0.2, -0.15) is 4.98 Å². The average Bonchev–Trinajstić information content (AvgIpc) is 3.16. The summed E-state index contributed by atoms with van der Waals surface area (Å²) in [6, 6.07) is 13.5. The molecule has 146 valence electrons. The minimum absolute atomic E-state index is 0.145. The summed E-state index contributed by atoms with van der Waals surface area (Å²) in [7, 11) is 0. The van der Waals surface area contributed by atoms with Crippen molar-refractivity contribution in [1.29, 1.82) is 0 Å². The quantitative estimate of drug-likeness (QED) is 0.577. The van der Waals surface area contributed by atoms with Gasteiger partial charge >= 0.3 is 0 Å². The van der Waals surface area contributed by atoms with Gasteiger partial charge in [-0.05, 0) is 49.6 Å². The van der Waals surface area contributed by atoms with E-state index in [1.807, 2.05) is 63.2 Å². The molecule has 3 rings (SSSR count). The number of aromatic nitrogens is 2. The molecule has 0 aliphatic heterocycles. The topological polar surface area (TPSA) is 77.2 Å². The standard InChI is InChI=1S/C21H22BrN3O3/c1-4-17(27-18-10-13(2)8-9-14(18)3)21(26)23-12-19-24-20(25-28-19)15-6-5-7-16(22)11-15/h5-11,17H,4,12H2,1-3H3,(H,23,26). The van der Waals surface area contributed by atoms with Crippen LogP contribution in [0.15, 0.2) is 51.5 Å². The summed E-state index contributed by atoms with van der Waals surface area (Å²) in [5.74, 6) is 1.32. The molecule has 1 unspecified atom stereocenters. The normalized spacial score (nSPS) is 11.9. The van der Waals surface area contributed by atoms with E-state index in [0.717, 1.165) is 26.9 Å². The van der Waals surface area contributed by atoms with Crippen LogP contribution < -0.4 is 10.1 Å². The first kappa shape index (κ1) is 20.1. The van der Waals surface area contributed by atoms with Crippen molar-refractivity contribution in [2.75, 3.05) is 0 Å². The van der Waals surface area contributed by atoms with E-state index in [1.165, 1.54) is 0 Å². The van der Waals surface area contributed by atoms with E-state index >= 15 is 0 Å². The Bertz CT molecular complexity index is 971. The Morgan fingerprint density at radius 3 is 2.82 bits per heavy atom. The fraction of sp³-hybridized carbons (Fsp3) is 0.286. The maximum absolute atomic E-state index is 12.5. The molecular formula is C21H22BrN3O3. The van der Waals surface area contributed by atoms with E-state index in [-0.39, 0.29) is 12.5 Å². The Labute approximate surface area is 172 Å². The lowest BCUT2D eigenvalue weighted by Crippen LogP contribution is -2.37. The van der Waals surface area contributed by atoms with Gasteiger partial charge in [-0.25, -0.2) is 0 Å². The van der Waals surface area contributed by atoms with Crippen LogP contribution in [0.2, 0.25) is 0 Å². The number of nitrogens with zero attached hydrogens (tertiary/aromatic N) is 2. The van der Waals surface area contributed by atoms with Crippen molar-refractivity contribution in [3.63, 3.8) is 0 Å². The Kier molecular flexibility index (Phi) is 6.46. The van der Waals surface area contributed by atoms with Crippen LogP contribution in [0, 0.1) is 13.8 Å². The van der Waals surface area contributed by atoms with Crippen LogP contribution in [0.3, 0.4) is 0 Å². The van der Waals surface area contributed by atoms with Gasteiger partial charge in [0.1, 0.15) is 5.75 Å². The predicted octanol–water partition coefficient (Wildman–Crippen LogP) is 4.59. The van der Waals surface area contributed by atoms with Crippen molar-refractivity contribution >= 4 is 21.8 Å². The van der Waals surface area contributed by atoms with Gasteiger partial charge < -0.3 is 14.6 Å². The van der Waals surface area contributed by atoms with Crippen molar-refractivity contribution in [3.05, 3.63) is 64.0 Å². The Morgan fingerprint density at radius 2 is 2.07 bits per heavy atom. The van der Waals surface area contributed by atoms with Crippen LogP contribution in [0.25, 0.3) is 11.4 Å². The Hall–Kier alpha value is -2.67. The molecule has 2 aromatic carbocycles. The van der Waals surface area contributed by atoms with Crippen molar-refractivity contribution in [2.24, 2.45) is 0 Å². The molecule has 1 amide bonds. The minimum Gasteiger partial charge on any atom is -0.480 e. The number of amides is 1. The van der Waals surface area contributed by atoms with Crippen molar-refractivity contribution < 1.29 is 14.1 Å². The number of carbonyl (C=O) groups excluding carboxylic acids is 1. The SMILES string of the molecule is CCC(Oc1cc(C)ccc1C)C(=O)NCc1nc(-c2cccc(Br)c2)no1. The highest BCUT2D eigenvalue weighted by atomic mass is 79.9. The van der Waals surface area contributed by atoms with Gasteiger partial charge in [0.25, 0.3) is 5.91 Å². The van der Waals surface area contributed by atoms with E-state index in [4.69, 9.17) is 9.26 Å². The molecule has 0 fully saturated rings. The molecule has 0 saturated carbocycles. The van der Waals surface area contributed by atoms with E-state index in [1.54, 1.807) is 0 Å². The van der Waals surface area contributed by atoms with Crippen molar-refractivity contribution in [1.82, 2.24) is 15.5 Å². The second-order valence-electron chi connectivity index (χ2n) is 6.52. The lowest BCUT2D eigenvalue weighted by Gasteiger charge is -2.18. The van der Waals surface area contributed by atoms with Gasteiger partial charge in [-0.3, -0.25) is 4.79 Å². The number of nitrogens with one attached hydrogen (secondary N) is 1. The molecule has 0 aliphatic carbocycles. The average molecular weight is 444 g/mol. The minimum atomic E-state index is -0.590. The molecule has 7 heteroatoms. The van der Waals surface area contributed by atoms with Gasteiger partial charge in [-0.1, -0.05) is 52.3 Å². The van der Waals surface area contributed by atoms with Gasteiger partial charge in [-0.15, -0.1) is 0 Å². The van der Waals surface area contributed by atoms with Crippen LogP contribution in [-0.4, -0.2) is 22.2 Å². The molecule has 6 nitrogen and oxygen atoms in total. The molecule has 1 N–H and O–H groups in total. The van der Waals surface area contributed by atoms with Crippen molar-refractivity contribution in [2.45, 2.75) is 39.8 Å². The smallest absolute Gasteiger partial charge is 0.261 e. The van der Waals surface area contributed by atoms with E-state index in [2.05, 4.69) is 31.4 Å². The molecule has 1 atom stereocenters. The number of halogens is 1. The number of carbonyl (C=O) groups is 1. The molecule has 1 aromatic heterocycles. The summed E-state index contributed by atoms with van der Waals surface area (Å²) < 4.78 is 12.1. The van der Waals surface area contributed by atoms with Gasteiger partial charge in [0.15, 0.2) is 6.10 Å². The second kappa shape index (κ2) is 9.01. The fourth-order valence-electron chi connectivity index (χ4n) is 2.66. The summed E-state index contributed by atoms with van der Waals surface area (Å²) in [5, 5.41) is 6.78. The third-order valence-corrected chi connectivity index (χ3v) is 4.73. The number of benzene rings is 2. The fourth-order valence-corrected chi connectivity index (χ4v) is 3.06. The van der Waals surface area contributed by atoms with Gasteiger partial charge in [0.05, 0.1) is 6.54 Å². The molecule has 3 aromatic rings. The van der Waals surface area contributed by atoms with Crippen LogP contribution >= 0.6 is 15.9 Å². The summed E-state index contributed by atoms with van der Waals surface area (Å²) >= 11 is 3.42. The first-order chi connectivity index (χ1) is 13.5. The van der Waals surface area contributed by atoms with E-state index in [0.29, 0.717) is 18.1 Å². The maximum Gasteiger partial charge on any atom is 0.261 e. The maximum atomic E-state index is 12.5. The van der Waals surface area contributed by atoms with Gasteiger partial charge in [0.2, 0.25) is 11.7 Å². The molecule has 0 aliphatic rings. The third-order valence-electron chi connectivity index (χ3n) is 4.24. The molecule has 28 heavy (non-hydrogen) atoms. The first-order valence-corrected chi connectivity index (χ1v) is 9.85. The number of hydrogen-bond acceptors (Lipinski definition) is 5. The van der Waals surface area contributed by atoms with E-state index in [9.17, 15) is 4.79 Å². The number of aryl methyl sites for hydroxylation is 2. The summed E-state index contributed by atoms with van der Waals surface area (Å²) in [6.45, 7) is 6.01. The zero-order valence-electron chi connectivity index (χ0n) is 16.0. The highest BCUT2D eigenvalue weighted by molar-refractivity contribution is 9.10. The Balaban J connectivity index is 1.62. The molecular weight excluding hydrogens is 422 g/mol. The largest absolute Gasteiger partial charge is 0.480 e. The Morgan fingerprint density at radius 1 is 1.25 bits per heavy atom. The molecule has 1 heterocycles. The molecule has 0 bridgehead atoms. The zero-order chi connectivity index (χ0) is 20.1. The zero-order valence-corrected chi connectivity index (χ0v) is 17.6. The van der Waals surface area contributed by atoms with E-state index < -0.39 is 6.10 Å². The lowest BCUT2D eigenvalue weighted by atomic mass is 10.1. The highest BCUT2D eigenvalue weighted by Crippen LogP contribution is 2.22. The number of ether oxygens (including phenoxy) is 1. The summed E-state index contributed by atoms with van der Waals surface area (Å²) in [5.41, 5.74) is 2.91. The van der Waals surface area contributed by atoms with Crippen molar-refractivity contribution in [3.8, 4) is 17.1 Å². The molecule has 0 radical (unpaired) electrons. The van der Waals surface area contributed by atoms with Crippen LogP contribution in [0.1, 0.15) is 30.4 Å². The number of rotatable bonds is 7. The van der Waals surface area contributed by atoms with Crippen LogP contribution in [0.5, 0.6) is 5.75 Å². The van der Waals surface area contributed by atoms with Gasteiger partial charge in [0, 0.05) is 10.0 Å². The third kappa shape index (κ3) is 4.98. The molecule has 0 spiro atoms. The number of hydrogen-bond donors (Lipinski definition) is 1. The monoisotopic (exact) mass is 443 g/mol. The summed E-state index contributed by atoms with van der Waals surface area (Å²) in [6.07, 6.45) is -0.0419. The summed E-state index contributed by atoms with van der Waals surface area (Å²) in [4.78, 5) is 16.9. The first-order valence-electron chi connectivity index (χ1n) is 9.06. The molecule has 0 saturated heterocycles. The second-order valence-corrected chi connectivity index (χ2v) is 7.44. The highest BCUT2D eigenvalue weighted by Gasteiger charge is 2.20. The van der Waals surface area contributed by atoms with Crippen LogP contribution in [0.4, 0.5) is 0 Å². The van der Waals surface area contributed by atoms with Crippen LogP contribution in [-0.2, 0) is 11.3 Å².